The Morgan fingerprint density at radius 3 is 2.43 bits per heavy atom. The molecule has 0 aliphatic carbocycles. The minimum Gasteiger partial charge on any atom is -0.275 e. The average molecular weight is 185 g/mol. The molecule has 0 amide bonds. The molecule has 68 valence electrons. The Balaban J connectivity index is 2.39. The van der Waals surface area contributed by atoms with Crippen LogP contribution >= 0.6 is 0 Å². The third kappa shape index (κ3) is 1.45. The monoisotopic (exact) mass is 185 g/mol. The minimum absolute atomic E-state index is 0.178. The van der Waals surface area contributed by atoms with Gasteiger partial charge in [0, 0.05) is 36.8 Å². The molecule has 14 heavy (non-hydrogen) atoms. The molecule has 0 aliphatic rings. The fourth-order valence-electron chi connectivity index (χ4n) is 1.11. The summed E-state index contributed by atoms with van der Waals surface area (Å²) in [6.07, 6.45) is 6.82. The van der Waals surface area contributed by atoms with Gasteiger partial charge in [0.2, 0.25) is 5.82 Å². The molecular formula is C9H7N5. The zero-order valence-electron chi connectivity index (χ0n) is 7.55. The van der Waals surface area contributed by atoms with Gasteiger partial charge in [-0.15, -0.1) is 0 Å². The molecule has 0 fully saturated rings. The summed E-state index contributed by atoms with van der Waals surface area (Å²) in [7, 11) is 1.84. The third-order valence-electron chi connectivity index (χ3n) is 1.79. The quantitative estimate of drug-likeness (QED) is 0.657. The van der Waals surface area contributed by atoms with E-state index in [2.05, 4.69) is 15.1 Å². The van der Waals surface area contributed by atoms with Gasteiger partial charge < -0.3 is 0 Å². The first kappa shape index (κ1) is 8.38. The topological polar surface area (TPSA) is 67.4 Å². The molecule has 0 radical (unpaired) electrons. The summed E-state index contributed by atoms with van der Waals surface area (Å²) < 4.78 is 1.70. The van der Waals surface area contributed by atoms with E-state index in [-0.39, 0.29) is 5.82 Å². The molecule has 0 saturated carbocycles. The molecule has 2 aromatic heterocycles. The Hall–Kier alpha value is -2.22. The Bertz CT molecular complexity index is 477. The lowest BCUT2D eigenvalue weighted by Crippen LogP contribution is -1.88. The van der Waals surface area contributed by atoms with Gasteiger partial charge in [-0.3, -0.25) is 4.68 Å². The fraction of sp³-hybridized carbons (Fsp3) is 0.111. The molecule has 0 atom stereocenters. The van der Waals surface area contributed by atoms with Crippen molar-refractivity contribution in [2.75, 3.05) is 0 Å². The maximum Gasteiger partial charge on any atom is 0.232 e. The summed E-state index contributed by atoms with van der Waals surface area (Å²) in [4.78, 5) is 7.75. The Morgan fingerprint density at radius 2 is 1.93 bits per heavy atom. The molecule has 5 nitrogen and oxygen atoms in total. The summed E-state index contributed by atoms with van der Waals surface area (Å²) in [5.41, 5.74) is 1.80. The van der Waals surface area contributed by atoms with Crippen LogP contribution in [0.25, 0.3) is 11.1 Å². The number of hydrogen-bond acceptors (Lipinski definition) is 4. The molecule has 0 saturated heterocycles. The lowest BCUT2D eigenvalue weighted by atomic mass is 10.2. The van der Waals surface area contributed by atoms with Gasteiger partial charge in [-0.2, -0.15) is 10.4 Å². The van der Waals surface area contributed by atoms with Crippen LogP contribution < -0.4 is 0 Å². The number of hydrogen-bond donors (Lipinski definition) is 0. The summed E-state index contributed by atoms with van der Waals surface area (Å²) in [5.74, 6) is 0.178. The van der Waals surface area contributed by atoms with Crippen LogP contribution in [0.4, 0.5) is 0 Å². The van der Waals surface area contributed by atoms with Crippen LogP contribution in [0.5, 0.6) is 0 Å². The van der Waals surface area contributed by atoms with E-state index in [1.54, 1.807) is 23.3 Å². The first-order valence-electron chi connectivity index (χ1n) is 4.01. The molecular weight excluding hydrogens is 178 g/mol. The van der Waals surface area contributed by atoms with Crippen LogP contribution in [0.2, 0.25) is 0 Å². The Labute approximate surface area is 80.7 Å². The van der Waals surface area contributed by atoms with Crippen LogP contribution in [-0.4, -0.2) is 19.7 Å². The first-order chi connectivity index (χ1) is 6.79. The van der Waals surface area contributed by atoms with Crippen molar-refractivity contribution in [3.8, 4) is 17.2 Å². The molecule has 2 aromatic rings. The van der Waals surface area contributed by atoms with Gasteiger partial charge in [0.05, 0.1) is 6.20 Å². The molecule has 0 aliphatic heterocycles. The standard InChI is InChI=1S/C9H7N5/c1-14-6-8(5-13-14)7-3-11-9(2-10)12-4-7/h3-6H,1H3. The maximum atomic E-state index is 8.51. The molecule has 2 heterocycles. The highest BCUT2D eigenvalue weighted by atomic mass is 15.2. The number of aromatic nitrogens is 4. The van der Waals surface area contributed by atoms with Crippen molar-refractivity contribution in [3.63, 3.8) is 0 Å². The molecule has 0 spiro atoms. The first-order valence-corrected chi connectivity index (χ1v) is 4.01. The molecule has 2 rings (SSSR count). The number of nitrogens with zero attached hydrogens (tertiary/aromatic N) is 5. The van der Waals surface area contributed by atoms with E-state index in [0.29, 0.717) is 0 Å². The maximum absolute atomic E-state index is 8.51. The SMILES string of the molecule is Cn1cc(-c2cnc(C#N)nc2)cn1. The van der Waals surface area contributed by atoms with Crippen LogP contribution in [0.15, 0.2) is 24.8 Å². The zero-order chi connectivity index (χ0) is 9.97. The number of aryl methyl sites for hydroxylation is 1. The lowest BCUT2D eigenvalue weighted by molar-refractivity contribution is 0.768. The smallest absolute Gasteiger partial charge is 0.232 e. The van der Waals surface area contributed by atoms with Crippen molar-refractivity contribution in [1.82, 2.24) is 19.7 Å². The highest BCUT2D eigenvalue weighted by molar-refractivity contribution is 5.59. The number of nitriles is 1. The summed E-state index contributed by atoms with van der Waals surface area (Å²) >= 11 is 0. The van der Waals surface area contributed by atoms with Crippen LogP contribution in [0.3, 0.4) is 0 Å². The van der Waals surface area contributed by atoms with Gasteiger partial charge in [-0.25, -0.2) is 9.97 Å². The molecule has 0 unspecified atom stereocenters. The van der Waals surface area contributed by atoms with Crippen LogP contribution in [0.1, 0.15) is 5.82 Å². The van der Waals surface area contributed by atoms with E-state index >= 15 is 0 Å². The van der Waals surface area contributed by atoms with E-state index in [1.165, 1.54) is 0 Å². The van der Waals surface area contributed by atoms with Gasteiger partial charge in [0.1, 0.15) is 6.07 Å². The summed E-state index contributed by atoms with van der Waals surface area (Å²) in [5, 5.41) is 12.5. The van der Waals surface area contributed by atoms with Gasteiger partial charge in [-0.05, 0) is 0 Å². The molecule has 0 bridgehead atoms. The van der Waals surface area contributed by atoms with Gasteiger partial charge in [-0.1, -0.05) is 0 Å². The summed E-state index contributed by atoms with van der Waals surface area (Å²) in [6, 6.07) is 1.87. The van der Waals surface area contributed by atoms with E-state index in [1.807, 2.05) is 19.3 Å². The second-order valence-electron chi connectivity index (χ2n) is 2.81. The van der Waals surface area contributed by atoms with Gasteiger partial charge in [0.15, 0.2) is 0 Å². The zero-order valence-corrected chi connectivity index (χ0v) is 7.55. The molecule has 0 aromatic carbocycles. The second-order valence-corrected chi connectivity index (χ2v) is 2.81. The minimum atomic E-state index is 0.178. The van der Waals surface area contributed by atoms with Crippen molar-refractivity contribution < 1.29 is 0 Å². The largest absolute Gasteiger partial charge is 0.275 e. The van der Waals surface area contributed by atoms with Crippen molar-refractivity contribution >= 4 is 0 Å². The van der Waals surface area contributed by atoms with E-state index in [9.17, 15) is 0 Å². The van der Waals surface area contributed by atoms with Crippen molar-refractivity contribution in [2.45, 2.75) is 0 Å². The average Bonchev–Trinajstić information content (AvgIpc) is 2.65. The fourth-order valence-corrected chi connectivity index (χ4v) is 1.11. The number of rotatable bonds is 1. The Kier molecular flexibility index (Phi) is 1.95. The third-order valence-corrected chi connectivity index (χ3v) is 1.79. The van der Waals surface area contributed by atoms with Gasteiger partial charge in [0.25, 0.3) is 0 Å². The highest BCUT2D eigenvalue weighted by Gasteiger charge is 2.01. The normalized spacial score (nSPS) is 9.71. The van der Waals surface area contributed by atoms with Crippen molar-refractivity contribution in [2.24, 2.45) is 7.05 Å². The second kappa shape index (κ2) is 3.26. The van der Waals surface area contributed by atoms with Crippen LogP contribution in [-0.2, 0) is 7.05 Å². The van der Waals surface area contributed by atoms with Crippen molar-refractivity contribution in [1.29, 1.82) is 5.26 Å². The van der Waals surface area contributed by atoms with Crippen LogP contribution in [0, 0.1) is 11.3 Å². The van der Waals surface area contributed by atoms with Gasteiger partial charge >= 0.3 is 0 Å². The highest BCUT2D eigenvalue weighted by Crippen LogP contribution is 2.15. The molecule has 0 N–H and O–H groups in total. The Morgan fingerprint density at radius 1 is 1.21 bits per heavy atom. The molecule has 5 heteroatoms. The predicted octanol–water partition coefficient (Wildman–Crippen LogP) is 0.749. The van der Waals surface area contributed by atoms with Crippen molar-refractivity contribution in [3.05, 3.63) is 30.6 Å². The van der Waals surface area contributed by atoms with E-state index < -0.39 is 0 Å². The summed E-state index contributed by atoms with van der Waals surface area (Å²) in [6.45, 7) is 0. The lowest BCUT2D eigenvalue weighted by Gasteiger charge is -1.93. The van der Waals surface area contributed by atoms with E-state index in [0.717, 1.165) is 11.1 Å². The predicted molar refractivity (Wildman–Crippen MR) is 48.9 cm³/mol. The van der Waals surface area contributed by atoms with E-state index in [4.69, 9.17) is 5.26 Å².